The van der Waals surface area contributed by atoms with Crippen LogP contribution in [0.1, 0.15) is 30.9 Å². The number of nitrogens with zero attached hydrogens (tertiary/aromatic N) is 2. The molecule has 0 aromatic carbocycles. The Labute approximate surface area is 116 Å². The van der Waals surface area contributed by atoms with Crippen LogP contribution in [0.4, 0.5) is 4.39 Å². The molecule has 1 N–H and O–H groups in total. The van der Waals surface area contributed by atoms with E-state index in [1.165, 1.54) is 12.8 Å². The van der Waals surface area contributed by atoms with Gasteiger partial charge in [0.25, 0.3) is 5.56 Å². The molecule has 1 aliphatic rings. The Morgan fingerprint density at radius 3 is 2.80 bits per heavy atom. The van der Waals surface area contributed by atoms with Gasteiger partial charge >= 0.3 is 0 Å². The summed E-state index contributed by atoms with van der Waals surface area (Å²) in [6.45, 7) is 4.46. The van der Waals surface area contributed by atoms with E-state index < -0.39 is 0 Å². The van der Waals surface area contributed by atoms with Gasteiger partial charge in [-0.25, -0.2) is 4.39 Å². The lowest BCUT2D eigenvalue weighted by Crippen LogP contribution is -2.20. The smallest absolute Gasteiger partial charge is 0.251 e. The highest BCUT2D eigenvalue weighted by Gasteiger charge is 2.16. The molecule has 2 aromatic heterocycles. The lowest BCUT2D eigenvalue weighted by molar-refractivity contribution is 0.325. The van der Waals surface area contributed by atoms with Gasteiger partial charge in [-0.05, 0) is 38.4 Å². The van der Waals surface area contributed by atoms with E-state index in [1.54, 1.807) is 12.3 Å². The molecular formula is C15H18FN3O. The average Bonchev–Trinajstić information content (AvgIpc) is 2.95. The molecule has 20 heavy (non-hydrogen) atoms. The predicted molar refractivity (Wildman–Crippen MR) is 76.2 cm³/mol. The molecule has 1 fully saturated rings. The van der Waals surface area contributed by atoms with E-state index >= 15 is 0 Å². The third-order valence-corrected chi connectivity index (χ3v) is 3.93. The molecular weight excluding hydrogens is 257 g/mol. The van der Waals surface area contributed by atoms with Crippen LogP contribution in [-0.4, -0.2) is 28.0 Å². The normalized spacial score (nSPS) is 16.1. The standard InChI is InChI=1S/C15H18FN3O/c1-2-10-7-12-14(18-15(10)20)13(16)11(8-17-12)9-19-5-3-4-6-19/h7-8H,2-6,9H2,1H3,(H,18,20). The number of aromatic amines is 1. The van der Waals surface area contributed by atoms with Crippen molar-refractivity contribution < 1.29 is 4.39 Å². The van der Waals surface area contributed by atoms with E-state index in [9.17, 15) is 9.18 Å². The molecule has 0 aliphatic carbocycles. The first-order chi connectivity index (χ1) is 9.69. The molecule has 2 aromatic rings. The molecule has 3 rings (SSSR count). The van der Waals surface area contributed by atoms with E-state index in [0.29, 0.717) is 29.6 Å². The fourth-order valence-electron chi connectivity index (χ4n) is 2.75. The van der Waals surface area contributed by atoms with Crippen LogP contribution in [0, 0.1) is 5.82 Å². The van der Waals surface area contributed by atoms with Gasteiger partial charge < -0.3 is 4.98 Å². The highest BCUT2D eigenvalue weighted by atomic mass is 19.1. The molecule has 3 heterocycles. The summed E-state index contributed by atoms with van der Waals surface area (Å²) >= 11 is 0. The van der Waals surface area contributed by atoms with Crippen LogP contribution in [0.5, 0.6) is 0 Å². The SMILES string of the molecule is CCc1cc2ncc(CN3CCCC3)c(F)c2[nH]c1=O. The second kappa shape index (κ2) is 5.32. The highest BCUT2D eigenvalue weighted by Crippen LogP contribution is 2.19. The zero-order chi connectivity index (χ0) is 14.1. The van der Waals surface area contributed by atoms with Crippen molar-refractivity contribution in [3.63, 3.8) is 0 Å². The molecule has 0 bridgehead atoms. The van der Waals surface area contributed by atoms with Crippen molar-refractivity contribution in [1.82, 2.24) is 14.9 Å². The number of likely N-dealkylation sites (tertiary alicyclic amines) is 1. The predicted octanol–water partition coefficient (Wildman–Crippen LogP) is 2.22. The minimum Gasteiger partial charge on any atom is -0.318 e. The Hall–Kier alpha value is -1.75. The second-order valence-corrected chi connectivity index (χ2v) is 5.32. The molecule has 0 radical (unpaired) electrons. The van der Waals surface area contributed by atoms with Gasteiger partial charge in [0, 0.05) is 23.9 Å². The first-order valence-corrected chi connectivity index (χ1v) is 7.10. The van der Waals surface area contributed by atoms with Gasteiger partial charge in [-0.15, -0.1) is 0 Å². The maximum absolute atomic E-state index is 14.5. The summed E-state index contributed by atoms with van der Waals surface area (Å²) in [5.41, 5.74) is 1.71. The maximum Gasteiger partial charge on any atom is 0.251 e. The molecule has 1 saturated heterocycles. The minimum atomic E-state index is -0.346. The number of H-pyrrole nitrogens is 1. The number of aryl methyl sites for hydroxylation is 1. The Morgan fingerprint density at radius 1 is 1.35 bits per heavy atom. The Morgan fingerprint density at radius 2 is 2.10 bits per heavy atom. The van der Waals surface area contributed by atoms with Gasteiger partial charge in [0.15, 0.2) is 5.82 Å². The van der Waals surface area contributed by atoms with Crippen molar-refractivity contribution in [1.29, 1.82) is 0 Å². The van der Waals surface area contributed by atoms with E-state index in [1.807, 2.05) is 6.92 Å². The lowest BCUT2D eigenvalue weighted by Gasteiger charge is -2.15. The summed E-state index contributed by atoms with van der Waals surface area (Å²) in [5.74, 6) is -0.346. The van der Waals surface area contributed by atoms with Gasteiger partial charge in [0.2, 0.25) is 0 Å². The first-order valence-electron chi connectivity index (χ1n) is 7.10. The second-order valence-electron chi connectivity index (χ2n) is 5.32. The Kier molecular flexibility index (Phi) is 3.53. The van der Waals surface area contributed by atoms with E-state index in [0.717, 1.165) is 13.1 Å². The van der Waals surface area contributed by atoms with Crippen molar-refractivity contribution in [2.24, 2.45) is 0 Å². The first kappa shape index (κ1) is 13.2. The molecule has 0 atom stereocenters. The number of hydrogen-bond donors (Lipinski definition) is 1. The summed E-state index contributed by atoms with van der Waals surface area (Å²) in [6.07, 6.45) is 4.54. The van der Waals surface area contributed by atoms with E-state index in [2.05, 4.69) is 14.9 Å². The minimum absolute atomic E-state index is 0.223. The number of fused-ring (bicyclic) bond motifs is 1. The number of pyridine rings is 2. The number of halogens is 1. The third-order valence-electron chi connectivity index (χ3n) is 3.93. The van der Waals surface area contributed by atoms with Crippen LogP contribution in [0.25, 0.3) is 11.0 Å². The summed E-state index contributed by atoms with van der Waals surface area (Å²) in [7, 11) is 0. The van der Waals surface area contributed by atoms with Crippen molar-refractivity contribution in [2.75, 3.05) is 13.1 Å². The Balaban J connectivity index is 2.03. The molecule has 4 nitrogen and oxygen atoms in total. The van der Waals surface area contributed by atoms with Crippen LogP contribution in [0.2, 0.25) is 0 Å². The number of nitrogens with one attached hydrogen (secondary N) is 1. The van der Waals surface area contributed by atoms with Crippen molar-refractivity contribution in [3.8, 4) is 0 Å². The topological polar surface area (TPSA) is 49.0 Å². The summed E-state index contributed by atoms with van der Waals surface area (Å²) < 4.78 is 14.5. The van der Waals surface area contributed by atoms with Crippen molar-refractivity contribution in [2.45, 2.75) is 32.7 Å². The van der Waals surface area contributed by atoms with Crippen LogP contribution in [0.3, 0.4) is 0 Å². The molecule has 0 saturated carbocycles. The van der Waals surface area contributed by atoms with Gasteiger partial charge in [0.1, 0.15) is 5.52 Å². The summed E-state index contributed by atoms with van der Waals surface area (Å²) in [4.78, 5) is 21.0. The van der Waals surface area contributed by atoms with E-state index in [4.69, 9.17) is 0 Å². The summed E-state index contributed by atoms with van der Waals surface area (Å²) in [5, 5.41) is 0. The fraction of sp³-hybridized carbons (Fsp3) is 0.467. The monoisotopic (exact) mass is 275 g/mol. The van der Waals surface area contributed by atoms with Crippen molar-refractivity contribution in [3.05, 3.63) is 39.6 Å². The quantitative estimate of drug-likeness (QED) is 0.934. The molecule has 0 unspecified atom stereocenters. The molecule has 0 amide bonds. The number of hydrogen-bond acceptors (Lipinski definition) is 3. The van der Waals surface area contributed by atoms with E-state index in [-0.39, 0.29) is 16.9 Å². The van der Waals surface area contributed by atoms with Gasteiger partial charge in [0.05, 0.1) is 5.52 Å². The molecule has 106 valence electrons. The average molecular weight is 275 g/mol. The van der Waals surface area contributed by atoms with Crippen LogP contribution in [-0.2, 0) is 13.0 Å². The third kappa shape index (κ3) is 2.33. The van der Waals surface area contributed by atoms with Crippen LogP contribution >= 0.6 is 0 Å². The van der Waals surface area contributed by atoms with Gasteiger partial charge in [-0.1, -0.05) is 6.92 Å². The Bertz CT molecular complexity index is 689. The number of aromatic nitrogens is 2. The molecule has 1 aliphatic heterocycles. The fourth-order valence-corrected chi connectivity index (χ4v) is 2.75. The zero-order valence-electron chi connectivity index (χ0n) is 11.6. The van der Waals surface area contributed by atoms with Crippen LogP contribution in [0.15, 0.2) is 17.1 Å². The zero-order valence-corrected chi connectivity index (χ0v) is 11.6. The summed E-state index contributed by atoms with van der Waals surface area (Å²) in [6, 6.07) is 1.68. The largest absolute Gasteiger partial charge is 0.318 e. The molecule has 0 spiro atoms. The van der Waals surface area contributed by atoms with Gasteiger partial charge in [-0.3, -0.25) is 14.7 Å². The highest BCUT2D eigenvalue weighted by molar-refractivity contribution is 5.75. The maximum atomic E-state index is 14.5. The molecule has 5 heteroatoms. The van der Waals surface area contributed by atoms with Gasteiger partial charge in [-0.2, -0.15) is 0 Å². The number of rotatable bonds is 3. The van der Waals surface area contributed by atoms with Crippen molar-refractivity contribution >= 4 is 11.0 Å². The lowest BCUT2D eigenvalue weighted by atomic mass is 10.1. The van der Waals surface area contributed by atoms with Crippen LogP contribution < -0.4 is 5.56 Å².